The third-order valence-electron chi connectivity index (χ3n) is 6.62. The predicted octanol–water partition coefficient (Wildman–Crippen LogP) is 5.61. The van der Waals surface area contributed by atoms with Crippen LogP contribution in [-0.4, -0.2) is 66.7 Å². The van der Waals surface area contributed by atoms with Crippen molar-refractivity contribution in [1.29, 1.82) is 0 Å². The molecular formula is C29H39F3N4O3. The highest BCUT2D eigenvalue weighted by Crippen LogP contribution is 2.34. The molecule has 0 atom stereocenters. The molecule has 7 nitrogen and oxygen atoms in total. The maximum atomic E-state index is 13.9. The van der Waals surface area contributed by atoms with E-state index >= 15 is 0 Å². The van der Waals surface area contributed by atoms with E-state index in [4.69, 9.17) is 4.74 Å². The summed E-state index contributed by atoms with van der Waals surface area (Å²) in [5, 5.41) is 5.34. The smallest absolute Gasteiger partial charge is 0.416 e. The Kier molecular flexibility index (Phi) is 10.0. The highest BCUT2D eigenvalue weighted by Gasteiger charge is 2.34. The number of carbonyl (C=O) groups excluding carboxylic acids is 2. The van der Waals surface area contributed by atoms with E-state index in [-0.39, 0.29) is 17.8 Å². The van der Waals surface area contributed by atoms with Crippen molar-refractivity contribution in [3.63, 3.8) is 0 Å². The quantitative estimate of drug-likeness (QED) is 0.420. The molecule has 1 aliphatic heterocycles. The van der Waals surface area contributed by atoms with Crippen LogP contribution in [0.2, 0.25) is 0 Å². The number of alkyl carbamates (subject to hydrolysis) is 1. The molecule has 1 heterocycles. The molecule has 2 aromatic rings. The summed E-state index contributed by atoms with van der Waals surface area (Å²) in [4.78, 5) is 28.6. The van der Waals surface area contributed by atoms with E-state index in [0.717, 1.165) is 43.2 Å². The van der Waals surface area contributed by atoms with E-state index in [9.17, 15) is 22.8 Å². The van der Waals surface area contributed by atoms with E-state index in [2.05, 4.69) is 15.5 Å². The van der Waals surface area contributed by atoms with Crippen LogP contribution in [0.25, 0.3) is 0 Å². The van der Waals surface area contributed by atoms with Crippen molar-refractivity contribution in [3.05, 3.63) is 64.2 Å². The van der Waals surface area contributed by atoms with Gasteiger partial charge in [-0.2, -0.15) is 13.2 Å². The molecule has 2 amide bonds. The molecule has 2 aromatic carbocycles. The first-order valence-corrected chi connectivity index (χ1v) is 13.2. The summed E-state index contributed by atoms with van der Waals surface area (Å²) >= 11 is 0. The van der Waals surface area contributed by atoms with E-state index in [0.29, 0.717) is 25.2 Å². The van der Waals surface area contributed by atoms with Crippen LogP contribution in [0.3, 0.4) is 0 Å². The lowest BCUT2D eigenvalue weighted by molar-refractivity contribution is -0.138. The highest BCUT2D eigenvalue weighted by molar-refractivity contribution is 6.04. The van der Waals surface area contributed by atoms with Gasteiger partial charge in [-0.25, -0.2) is 4.79 Å². The zero-order valence-electron chi connectivity index (χ0n) is 23.4. The van der Waals surface area contributed by atoms with Crippen molar-refractivity contribution >= 4 is 17.7 Å². The molecule has 0 unspecified atom stereocenters. The van der Waals surface area contributed by atoms with Crippen molar-refractivity contribution in [1.82, 2.24) is 15.1 Å². The molecule has 2 N–H and O–H groups in total. The number of nitrogens with one attached hydrogen (secondary N) is 2. The molecule has 0 bridgehead atoms. The number of benzene rings is 2. The van der Waals surface area contributed by atoms with Gasteiger partial charge in [0.1, 0.15) is 5.60 Å². The second-order valence-electron chi connectivity index (χ2n) is 11.0. The van der Waals surface area contributed by atoms with Crippen LogP contribution in [0.5, 0.6) is 0 Å². The second kappa shape index (κ2) is 12.8. The number of rotatable bonds is 8. The van der Waals surface area contributed by atoms with Gasteiger partial charge >= 0.3 is 12.3 Å². The van der Waals surface area contributed by atoms with Crippen molar-refractivity contribution in [2.45, 2.75) is 59.4 Å². The predicted molar refractivity (Wildman–Crippen MR) is 146 cm³/mol. The molecule has 0 radical (unpaired) electrons. The maximum Gasteiger partial charge on any atom is 0.416 e. The number of carbonyl (C=O) groups is 2. The average molecular weight is 549 g/mol. The van der Waals surface area contributed by atoms with E-state index in [1.807, 2.05) is 45.6 Å². The van der Waals surface area contributed by atoms with Gasteiger partial charge in [0.25, 0.3) is 5.91 Å². The number of hydrogen-bond acceptors (Lipinski definition) is 5. The number of ether oxygens (including phenoxy) is 1. The summed E-state index contributed by atoms with van der Waals surface area (Å²) < 4.78 is 47.1. The average Bonchev–Trinajstić information content (AvgIpc) is 2.83. The maximum absolute atomic E-state index is 13.9. The van der Waals surface area contributed by atoms with Gasteiger partial charge in [-0.15, -0.1) is 0 Å². The number of anilines is 1. The summed E-state index contributed by atoms with van der Waals surface area (Å²) in [7, 11) is 0. The lowest BCUT2D eigenvalue weighted by Crippen LogP contribution is -2.46. The second-order valence-corrected chi connectivity index (χ2v) is 11.0. The molecule has 1 saturated heterocycles. The number of nitrogens with zero attached hydrogens (tertiary/aromatic N) is 2. The van der Waals surface area contributed by atoms with E-state index in [1.54, 1.807) is 12.1 Å². The monoisotopic (exact) mass is 548 g/mol. The molecule has 0 aliphatic carbocycles. The van der Waals surface area contributed by atoms with Gasteiger partial charge in [-0.3, -0.25) is 9.69 Å². The number of halogens is 3. The third-order valence-corrected chi connectivity index (χ3v) is 6.62. The fraction of sp³-hybridized carbons (Fsp3) is 0.517. The molecule has 0 aromatic heterocycles. The van der Waals surface area contributed by atoms with Crippen LogP contribution in [0.1, 0.15) is 59.8 Å². The summed E-state index contributed by atoms with van der Waals surface area (Å²) in [5.74, 6) is -0.448. The van der Waals surface area contributed by atoms with Gasteiger partial charge in [-0.1, -0.05) is 12.1 Å². The van der Waals surface area contributed by atoms with Gasteiger partial charge < -0.3 is 20.3 Å². The fourth-order valence-electron chi connectivity index (χ4n) is 4.36. The molecule has 0 spiro atoms. The molecule has 3 rings (SSSR count). The Labute approximate surface area is 228 Å². The Morgan fingerprint density at radius 3 is 2.21 bits per heavy atom. The number of alkyl halides is 3. The lowest BCUT2D eigenvalue weighted by atomic mass is 10.0. The van der Waals surface area contributed by atoms with Crippen LogP contribution >= 0.6 is 0 Å². The zero-order chi connectivity index (χ0) is 28.8. The van der Waals surface area contributed by atoms with Crippen molar-refractivity contribution < 1.29 is 27.5 Å². The molecule has 214 valence electrons. The van der Waals surface area contributed by atoms with Gasteiger partial charge in [-0.05, 0) is 88.5 Å². The minimum atomic E-state index is -4.54. The highest BCUT2D eigenvalue weighted by atomic mass is 19.4. The standard InChI is InChI=1S/C29H39F3N4O3/c1-20-7-8-22(17-21(20)2)26(37)34-24-10-9-23(25(18-24)29(30,31)32)19-36-15-13-35(14-16-36)12-6-11-33-27(38)39-28(3,4)5/h7-10,17-18H,6,11-16,19H2,1-5H3,(H,33,38)(H,34,37). The first-order chi connectivity index (χ1) is 18.2. The van der Waals surface area contributed by atoms with Crippen molar-refractivity contribution in [2.75, 3.05) is 44.6 Å². The van der Waals surface area contributed by atoms with Crippen LogP contribution in [0, 0.1) is 13.8 Å². The van der Waals surface area contributed by atoms with Gasteiger partial charge in [0.2, 0.25) is 0 Å². The normalized spacial score (nSPS) is 15.2. The summed E-state index contributed by atoms with van der Waals surface area (Å²) in [5.41, 5.74) is 1.38. The van der Waals surface area contributed by atoms with Gasteiger partial charge in [0.05, 0.1) is 5.56 Å². The zero-order valence-corrected chi connectivity index (χ0v) is 23.4. The molecule has 1 aliphatic rings. The molecular weight excluding hydrogens is 509 g/mol. The minimum Gasteiger partial charge on any atom is -0.444 e. The molecule has 0 saturated carbocycles. The summed E-state index contributed by atoms with van der Waals surface area (Å²) in [6, 6.07) is 9.19. The number of piperazine rings is 1. The van der Waals surface area contributed by atoms with Crippen LogP contribution in [0.4, 0.5) is 23.7 Å². The molecule has 10 heteroatoms. The summed E-state index contributed by atoms with van der Waals surface area (Å²) in [6.45, 7) is 13.4. The van der Waals surface area contributed by atoms with E-state index in [1.165, 1.54) is 12.1 Å². The SMILES string of the molecule is Cc1ccc(C(=O)Nc2ccc(CN3CCN(CCCNC(=O)OC(C)(C)C)CC3)c(C(F)(F)F)c2)cc1C. The fourth-order valence-corrected chi connectivity index (χ4v) is 4.36. The summed E-state index contributed by atoms with van der Waals surface area (Å²) in [6.07, 6.45) is -4.23. The Balaban J connectivity index is 1.52. The number of amides is 2. The Morgan fingerprint density at radius 1 is 0.923 bits per heavy atom. The van der Waals surface area contributed by atoms with Crippen LogP contribution < -0.4 is 10.6 Å². The molecule has 39 heavy (non-hydrogen) atoms. The van der Waals surface area contributed by atoms with Crippen LogP contribution in [-0.2, 0) is 17.5 Å². The van der Waals surface area contributed by atoms with Crippen molar-refractivity contribution in [2.24, 2.45) is 0 Å². The number of hydrogen-bond donors (Lipinski definition) is 2. The Hall–Kier alpha value is -3.11. The Bertz CT molecular complexity index is 1150. The van der Waals surface area contributed by atoms with Crippen molar-refractivity contribution in [3.8, 4) is 0 Å². The van der Waals surface area contributed by atoms with E-state index < -0.39 is 29.3 Å². The first kappa shape index (κ1) is 30.4. The lowest BCUT2D eigenvalue weighted by Gasteiger charge is -2.35. The molecule has 1 fully saturated rings. The van der Waals surface area contributed by atoms with Gasteiger partial charge in [0, 0.05) is 50.5 Å². The van der Waals surface area contributed by atoms with Gasteiger partial charge in [0.15, 0.2) is 0 Å². The third kappa shape index (κ3) is 9.54. The number of aryl methyl sites for hydroxylation is 2. The topological polar surface area (TPSA) is 73.9 Å². The minimum absolute atomic E-state index is 0.110. The van der Waals surface area contributed by atoms with Crippen LogP contribution in [0.15, 0.2) is 36.4 Å². The Morgan fingerprint density at radius 2 is 1.59 bits per heavy atom. The first-order valence-electron chi connectivity index (χ1n) is 13.2. The largest absolute Gasteiger partial charge is 0.444 e.